The standard InChI is InChI=1S/C11H13N9S/c1-3-13-9-16-10(20-7-12-6-15-20)18-11(17-9)21-8-4-14-19(2)5-8/h4-7H,3H2,1-2H3,(H,13,16,17,18). The van der Waals surface area contributed by atoms with Crippen LogP contribution in [0.3, 0.4) is 0 Å². The average Bonchev–Trinajstić information content (AvgIpc) is 3.11. The van der Waals surface area contributed by atoms with Crippen LogP contribution in [0.25, 0.3) is 5.95 Å². The predicted octanol–water partition coefficient (Wildman–Crippen LogP) is 0.769. The van der Waals surface area contributed by atoms with Crippen LogP contribution in [-0.4, -0.2) is 46.0 Å². The van der Waals surface area contributed by atoms with Gasteiger partial charge in [-0.1, -0.05) is 0 Å². The molecule has 3 rings (SSSR count). The smallest absolute Gasteiger partial charge is 0.257 e. The van der Waals surface area contributed by atoms with E-state index in [2.05, 4.69) is 35.5 Å². The Morgan fingerprint density at radius 2 is 2.14 bits per heavy atom. The zero-order chi connectivity index (χ0) is 14.7. The summed E-state index contributed by atoms with van der Waals surface area (Å²) in [5, 5.41) is 11.8. The Balaban J connectivity index is 1.95. The maximum absolute atomic E-state index is 4.39. The lowest BCUT2D eigenvalue weighted by molar-refractivity contribution is 0.758. The molecule has 9 nitrogen and oxygen atoms in total. The Bertz CT molecular complexity index is 721. The van der Waals surface area contributed by atoms with E-state index in [9.17, 15) is 0 Å². The quantitative estimate of drug-likeness (QED) is 0.738. The molecule has 3 aromatic heterocycles. The minimum Gasteiger partial charge on any atom is -0.354 e. The number of nitrogens with zero attached hydrogens (tertiary/aromatic N) is 8. The minimum atomic E-state index is 0.421. The Kier molecular flexibility index (Phi) is 3.77. The molecule has 0 bridgehead atoms. The molecule has 0 unspecified atom stereocenters. The van der Waals surface area contributed by atoms with Crippen molar-refractivity contribution < 1.29 is 0 Å². The first-order valence-electron chi connectivity index (χ1n) is 6.26. The molecule has 3 aromatic rings. The van der Waals surface area contributed by atoms with E-state index in [1.54, 1.807) is 17.2 Å². The van der Waals surface area contributed by atoms with Crippen molar-refractivity contribution in [2.45, 2.75) is 17.0 Å². The van der Waals surface area contributed by atoms with E-state index in [0.717, 1.165) is 11.4 Å². The molecule has 10 heteroatoms. The highest BCUT2D eigenvalue weighted by atomic mass is 32.2. The number of nitrogens with one attached hydrogen (secondary N) is 1. The van der Waals surface area contributed by atoms with Crippen LogP contribution < -0.4 is 5.32 Å². The zero-order valence-corrected chi connectivity index (χ0v) is 12.3. The van der Waals surface area contributed by atoms with Gasteiger partial charge in [0.15, 0.2) is 5.16 Å². The van der Waals surface area contributed by atoms with Crippen LogP contribution in [0.1, 0.15) is 6.92 Å². The zero-order valence-electron chi connectivity index (χ0n) is 11.5. The molecule has 0 aliphatic carbocycles. The van der Waals surface area contributed by atoms with Crippen molar-refractivity contribution >= 4 is 17.7 Å². The largest absolute Gasteiger partial charge is 0.354 e. The number of rotatable bonds is 5. The molecule has 0 aromatic carbocycles. The Hall–Kier alpha value is -2.49. The fraction of sp³-hybridized carbons (Fsp3) is 0.273. The first kappa shape index (κ1) is 13.5. The third-order valence-electron chi connectivity index (χ3n) is 2.45. The van der Waals surface area contributed by atoms with Gasteiger partial charge in [0.25, 0.3) is 5.95 Å². The molecule has 1 N–H and O–H groups in total. The lowest BCUT2D eigenvalue weighted by Gasteiger charge is -2.06. The summed E-state index contributed by atoms with van der Waals surface area (Å²) in [5.41, 5.74) is 0. The Morgan fingerprint density at radius 1 is 1.24 bits per heavy atom. The van der Waals surface area contributed by atoms with E-state index in [4.69, 9.17) is 0 Å². The first-order valence-corrected chi connectivity index (χ1v) is 7.07. The monoisotopic (exact) mass is 303 g/mol. The maximum Gasteiger partial charge on any atom is 0.257 e. The molecular formula is C11H13N9S. The summed E-state index contributed by atoms with van der Waals surface area (Å²) in [5.74, 6) is 0.925. The van der Waals surface area contributed by atoms with E-state index >= 15 is 0 Å². The lowest BCUT2D eigenvalue weighted by Crippen LogP contribution is -2.09. The van der Waals surface area contributed by atoms with Crippen LogP contribution in [0.5, 0.6) is 0 Å². The molecule has 21 heavy (non-hydrogen) atoms. The van der Waals surface area contributed by atoms with Gasteiger partial charge in [0.05, 0.1) is 11.1 Å². The number of anilines is 1. The van der Waals surface area contributed by atoms with E-state index in [-0.39, 0.29) is 0 Å². The molecule has 0 saturated carbocycles. The highest BCUT2D eigenvalue weighted by Crippen LogP contribution is 2.24. The van der Waals surface area contributed by atoms with Gasteiger partial charge in [0.2, 0.25) is 5.95 Å². The van der Waals surface area contributed by atoms with Crippen molar-refractivity contribution in [3.05, 3.63) is 25.0 Å². The SMILES string of the molecule is CCNc1nc(Sc2cnn(C)c2)nc(-n2cncn2)n1. The van der Waals surface area contributed by atoms with Crippen molar-refractivity contribution in [2.75, 3.05) is 11.9 Å². The van der Waals surface area contributed by atoms with Gasteiger partial charge < -0.3 is 5.32 Å². The molecule has 0 fully saturated rings. The molecule has 0 atom stereocenters. The summed E-state index contributed by atoms with van der Waals surface area (Å²) < 4.78 is 3.23. The Labute approximate surface area is 124 Å². The van der Waals surface area contributed by atoms with E-state index in [0.29, 0.717) is 17.1 Å². The summed E-state index contributed by atoms with van der Waals surface area (Å²) in [6.07, 6.45) is 6.64. The van der Waals surface area contributed by atoms with Crippen LogP contribution in [0.15, 0.2) is 35.1 Å². The number of aryl methyl sites for hydroxylation is 1. The van der Waals surface area contributed by atoms with Gasteiger partial charge in [0.1, 0.15) is 12.7 Å². The predicted molar refractivity (Wildman–Crippen MR) is 76.2 cm³/mol. The average molecular weight is 303 g/mol. The maximum atomic E-state index is 4.39. The van der Waals surface area contributed by atoms with Crippen LogP contribution in [-0.2, 0) is 7.05 Å². The van der Waals surface area contributed by atoms with Crippen LogP contribution in [0, 0.1) is 0 Å². The van der Waals surface area contributed by atoms with Gasteiger partial charge in [0, 0.05) is 19.8 Å². The van der Waals surface area contributed by atoms with Crippen molar-refractivity contribution in [1.82, 2.24) is 39.5 Å². The van der Waals surface area contributed by atoms with E-state index in [1.165, 1.54) is 22.8 Å². The van der Waals surface area contributed by atoms with Crippen molar-refractivity contribution in [2.24, 2.45) is 7.05 Å². The molecule has 0 spiro atoms. The molecule has 108 valence electrons. The van der Waals surface area contributed by atoms with Gasteiger partial charge >= 0.3 is 0 Å². The number of hydrogen-bond acceptors (Lipinski definition) is 8. The summed E-state index contributed by atoms with van der Waals surface area (Å²) in [6.45, 7) is 2.70. The lowest BCUT2D eigenvalue weighted by atomic mass is 10.7. The molecule has 3 heterocycles. The van der Waals surface area contributed by atoms with Gasteiger partial charge in [-0.05, 0) is 18.7 Å². The molecule has 0 aliphatic heterocycles. The molecule has 0 radical (unpaired) electrons. The normalized spacial score (nSPS) is 10.8. The van der Waals surface area contributed by atoms with Crippen molar-refractivity contribution in [1.29, 1.82) is 0 Å². The van der Waals surface area contributed by atoms with Crippen LogP contribution >= 0.6 is 11.8 Å². The second-order valence-corrected chi connectivity index (χ2v) is 5.10. The second kappa shape index (κ2) is 5.87. The minimum absolute atomic E-state index is 0.421. The van der Waals surface area contributed by atoms with Crippen molar-refractivity contribution in [3.63, 3.8) is 0 Å². The topological polar surface area (TPSA) is 99.2 Å². The summed E-state index contributed by atoms with van der Waals surface area (Å²) in [4.78, 5) is 17.9. The molecule has 0 amide bonds. The summed E-state index contributed by atoms with van der Waals surface area (Å²) >= 11 is 1.41. The molecular weight excluding hydrogens is 290 g/mol. The van der Waals surface area contributed by atoms with Crippen LogP contribution in [0.2, 0.25) is 0 Å². The van der Waals surface area contributed by atoms with Crippen LogP contribution in [0.4, 0.5) is 5.95 Å². The number of aromatic nitrogens is 8. The summed E-state index contributed by atoms with van der Waals surface area (Å²) in [7, 11) is 1.86. The fourth-order valence-electron chi connectivity index (χ4n) is 1.60. The third kappa shape index (κ3) is 3.16. The summed E-state index contributed by atoms with van der Waals surface area (Å²) in [6, 6.07) is 0. The van der Waals surface area contributed by atoms with E-state index in [1.807, 2.05) is 20.2 Å². The fourth-order valence-corrected chi connectivity index (χ4v) is 2.37. The highest BCUT2D eigenvalue weighted by Gasteiger charge is 2.10. The van der Waals surface area contributed by atoms with Gasteiger partial charge in [-0.15, -0.1) is 0 Å². The van der Waals surface area contributed by atoms with Gasteiger partial charge in [-0.3, -0.25) is 4.68 Å². The van der Waals surface area contributed by atoms with Gasteiger partial charge in [-0.25, -0.2) is 4.98 Å². The third-order valence-corrected chi connectivity index (χ3v) is 3.26. The highest BCUT2D eigenvalue weighted by molar-refractivity contribution is 7.99. The Morgan fingerprint density at radius 3 is 2.81 bits per heavy atom. The molecule has 0 aliphatic rings. The second-order valence-electron chi connectivity index (χ2n) is 4.06. The molecule has 0 saturated heterocycles. The number of hydrogen-bond donors (Lipinski definition) is 1. The van der Waals surface area contributed by atoms with E-state index < -0.39 is 0 Å². The first-order chi connectivity index (χ1) is 10.2. The van der Waals surface area contributed by atoms with Gasteiger partial charge in [-0.2, -0.15) is 29.8 Å². The van der Waals surface area contributed by atoms with Crippen molar-refractivity contribution in [3.8, 4) is 5.95 Å².